The number of amides is 1. The van der Waals surface area contributed by atoms with Crippen molar-refractivity contribution in [2.75, 3.05) is 5.32 Å². The van der Waals surface area contributed by atoms with Gasteiger partial charge in [-0.15, -0.1) is 0 Å². The molecule has 1 aliphatic rings. The van der Waals surface area contributed by atoms with Gasteiger partial charge >= 0.3 is 0 Å². The average molecular weight is 211 g/mol. The van der Waals surface area contributed by atoms with Crippen LogP contribution in [0.15, 0.2) is 18.2 Å². The lowest BCUT2D eigenvalue weighted by molar-refractivity contribution is -0.117. The second kappa shape index (κ2) is 3.61. The van der Waals surface area contributed by atoms with Crippen LogP contribution in [0.2, 0.25) is 0 Å². The quantitative estimate of drug-likeness (QED) is 0.800. The standard InChI is InChI=1S/C11H11F2NO/c1-6-4-8(6)11(15)14-10-5-7(12)2-3-9(10)13/h2-3,5-6,8H,4H2,1H3,(H,14,15)/t6-,8+/m1/s1. The molecule has 1 fully saturated rings. The van der Waals surface area contributed by atoms with Gasteiger partial charge in [0.2, 0.25) is 5.91 Å². The Hall–Kier alpha value is -1.45. The predicted molar refractivity (Wildman–Crippen MR) is 52.3 cm³/mol. The fourth-order valence-electron chi connectivity index (χ4n) is 1.51. The van der Waals surface area contributed by atoms with Crippen LogP contribution in [0.4, 0.5) is 14.5 Å². The molecule has 2 rings (SSSR count). The van der Waals surface area contributed by atoms with Crippen molar-refractivity contribution in [2.45, 2.75) is 13.3 Å². The highest BCUT2D eigenvalue weighted by molar-refractivity contribution is 5.94. The van der Waals surface area contributed by atoms with Gasteiger partial charge in [-0.25, -0.2) is 8.78 Å². The second-order valence-corrected chi connectivity index (χ2v) is 3.93. The summed E-state index contributed by atoms with van der Waals surface area (Å²) in [6.07, 6.45) is 0.822. The molecule has 0 heterocycles. The van der Waals surface area contributed by atoms with E-state index < -0.39 is 11.6 Å². The third-order valence-corrected chi connectivity index (χ3v) is 2.63. The summed E-state index contributed by atoms with van der Waals surface area (Å²) >= 11 is 0. The van der Waals surface area contributed by atoms with E-state index in [4.69, 9.17) is 0 Å². The van der Waals surface area contributed by atoms with E-state index in [1.807, 2.05) is 6.92 Å². The Kier molecular flexibility index (Phi) is 2.42. The highest BCUT2D eigenvalue weighted by Crippen LogP contribution is 2.38. The summed E-state index contributed by atoms with van der Waals surface area (Å²) in [6, 6.07) is 3.01. The molecule has 1 saturated carbocycles. The van der Waals surface area contributed by atoms with E-state index >= 15 is 0 Å². The number of hydrogen-bond acceptors (Lipinski definition) is 1. The smallest absolute Gasteiger partial charge is 0.227 e. The zero-order chi connectivity index (χ0) is 11.0. The first-order valence-corrected chi connectivity index (χ1v) is 4.84. The van der Waals surface area contributed by atoms with Gasteiger partial charge in [0, 0.05) is 12.0 Å². The second-order valence-electron chi connectivity index (χ2n) is 3.93. The maximum Gasteiger partial charge on any atom is 0.227 e. The van der Waals surface area contributed by atoms with Crippen LogP contribution in [0.25, 0.3) is 0 Å². The Labute approximate surface area is 86.3 Å². The summed E-state index contributed by atoms with van der Waals surface area (Å²) in [5.74, 6) is -1.10. The van der Waals surface area contributed by atoms with Crippen molar-refractivity contribution in [2.24, 2.45) is 11.8 Å². The van der Waals surface area contributed by atoms with Crippen LogP contribution < -0.4 is 5.32 Å². The third-order valence-electron chi connectivity index (χ3n) is 2.63. The minimum atomic E-state index is -0.613. The van der Waals surface area contributed by atoms with Crippen LogP contribution in [-0.4, -0.2) is 5.91 Å². The average Bonchev–Trinajstić information content (AvgIpc) is 2.89. The molecular weight excluding hydrogens is 200 g/mol. The van der Waals surface area contributed by atoms with Crippen molar-refractivity contribution in [3.8, 4) is 0 Å². The molecule has 0 aliphatic heterocycles. The highest BCUT2D eigenvalue weighted by atomic mass is 19.1. The molecule has 4 heteroatoms. The van der Waals surface area contributed by atoms with Gasteiger partial charge in [-0.3, -0.25) is 4.79 Å². The highest BCUT2D eigenvalue weighted by Gasteiger charge is 2.39. The van der Waals surface area contributed by atoms with Crippen LogP contribution in [0.5, 0.6) is 0 Å². The van der Waals surface area contributed by atoms with Crippen LogP contribution in [0.3, 0.4) is 0 Å². The van der Waals surface area contributed by atoms with Crippen molar-refractivity contribution in [1.29, 1.82) is 0 Å². The van der Waals surface area contributed by atoms with Gasteiger partial charge in [0.05, 0.1) is 5.69 Å². The number of anilines is 1. The fraction of sp³-hybridized carbons (Fsp3) is 0.364. The number of carbonyl (C=O) groups is 1. The summed E-state index contributed by atoms with van der Waals surface area (Å²) in [6.45, 7) is 1.95. The molecular formula is C11H11F2NO. The topological polar surface area (TPSA) is 29.1 Å². The van der Waals surface area contributed by atoms with Crippen molar-refractivity contribution in [3.05, 3.63) is 29.8 Å². The molecule has 0 bridgehead atoms. The Balaban J connectivity index is 2.10. The van der Waals surface area contributed by atoms with E-state index in [2.05, 4.69) is 5.32 Å². The van der Waals surface area contributed by atoms with Crippen LogP contribution in [0, 0.1) is 23.5 Å². The van der Waals surface area contributed by atoms with Gasteiger partial charge in [0.15, 0.2) is 0 Å². The molecule has 1 aromatic rings. The number of benzene rings is 1. The third kappa shape index (κ3) is 2.14. The van der Waals surface area contributed by atoms with Gasteiger partial charge in [0.1, 0.15) is 11.6 Å². The molecule has 0 spiro atoms. The Bertz CT molecular complexity index is 406. The summed E-state index contributed by atoms with van der Waals surface area (Å²) in [5, 5.41) is 2.39. The van der Waals surface area contributed by atoms with Gasteiger partial charge in [-0.1, -0.05) is 6.92 Å². The molecule has 0 unspecified atom stereocenters. The Morgan fingerprint density at radius 2 is 2.13 bits per heavy atom. The minimum Gasteiger partial charge on any atom is -0.323 e. The summed E-state index contributed by atoms with van der Waals surface area (Å²) in [5.41, 5.74) is -0.0842. The van der Waals surface area contributed by atoms with Gasteiger partial charge in [-0.05, 0) is 24.5 Å². The number of rotatable bonds is 2. The van der Waals surface area contributed by atoms with Crippen molar-refractivity contribution in [3.63, 3.8) is 0 Å². The van der Waals surface area contributed by atoms with Crippen molar-refractivity contribution < 1.29 is 13.6 Å². The zero-order valence-corrected chi connectivity index (χ0v) is 8.26. The summed E-state index contributed by atoms with van der Waals surface area (Å²) < 4.78 is 25.9. The summed E-state index contributed by atoms with van der Waals surface area (Å²) in [4.78, 5) is 11.4. The van der Waals surface area contributed by atoms with E-state index in [0.29, 0.717) is 5.92 Å². The summed E-state index contributed by atoms with van der Waals surface area (Å²) in [7, 11) is 0. The fourth-order valence-corrected chi connectivity index (χ4v) is 1.51. The molecule has 15 heavy (non-hydrogen) atoms. The first-order chi connectivity index (χ1) is 7.08. The molecule has 1 aromatic carbocycles. The minimum absolute atomic E-state index is 0.0485. The maximum atomic E-state index is 13.1. The van der Waals surface area contributed by atoms with Crippen LogP contribution in [-0.2, 0) is 4.79 Å². The molecule has 0 aromatic heterocycles. The molecule has 80 valence electrons. The lowest BCUT2D eigenvalue weighted by atomic mass is 10.2. The van der Waals surface area contributed by atoms with Crippen LogP contribution >= 0.6 is 0 Å². The molecule has 1 amide bonds. The molecule has 1 aliphatic carbocycles. The van der Waals surface area contributed by atoms with E-state index in [-0.39, 0.29) is 17.5 Å². The lowest BCUT2D eigenvalue weighted by Crippen LogP contribution is -2.15. The monoisotopic (exact) mass is 211 g/mol. The molecule has 0 radical (unpaired) electrons. The van der Waals surface area contributed by atoms with E-state index in [0.717, 1.165) is 24.6 Å². The number of hydrogen-bond donors (Lipinski definition) is 1. The number of carbonyl (C=O) groups excluding carboxylic acids is 1. The maximum absolute atomic E-state index is 13.1. The zero-order valence-electron chi connectivity index (χ0n) is 8.26. The van der Waals surface area contributed by atoms with Crippen molar-refractivity contribution in [1.82, 2.24) is 0 Å². The van der Waals surface area contributed by atoms with E-state index in [9.17, 15) is 13.6 Å². The van der Waals surface area contributed by atoms with Gasteiger partial charge < -0.3 is 5.32 Å². The molecule has 2 atom stereocenters. The van der Waals surface area contributed by atoms with Gasteiger partial charge in [-0.2, -0.15) is 0 Å². The molecule has 2 nitrogen and oxygen atoms in total. The van der Waals surface area contributed by atoms with Crippen LogP contribution in [0.1, 0.15) is 13.3 Å². The molecule has 1 N–H and O–H groups in total. The number of nitrogens with one attached hydrogen (secondary N) is 1. The molecule has 0 saturated heterocycles. The van der Waals surface area contributed by atoms with E-state index in [1.165, 1.54) is 0 Å². The normalized spacial score (nSPS) is 23.7. The van der Waals surface area contributed by atoms with Gasteiger partial charge in [0.25, 0.3) is 0 Å². The lowest BCUT2D eigenvalue weighted by Gasteiger charge is -2.05. The first kappa shape index (κ1) is 10.1. The Morgan fingerprint density at radius 1 is 1.47 bits per heavy atom. The first-order valence-electron chi connectivity index (χ1n) is 4.84. The Morgan fingerprint density at radius 3 is 2.73 bits per heavy atom. The SMILES string of the molecule is C[C@@H]1C[C@@H]1C(=O)Nc1cc(F)ccc1F. The number of halogens is 2. The van der Waals surface area contributed by atoms with E-state index in [1.54, 1.807) is 0 Å². The largest absolute Gasteiger partial charge is 0.323 e. The predicted octanol–water partition coefficient (Wildman–Crippen LogP) is 2.56. The van der Waals surface area contributed by atoms with Crippen molar-refractivity contribution >= 4 is 11.6 Å².